The van der Waals surface area contributed by atoms with Crippen LogP contribution in [0.25, 0.3) is 5.69 Å². The van der Waals surface area contributed by atoms with Crippen molar-refractivity contribution < 1.29 is 14.3 Å². The zero-order valence-corrected chi connectivity index (χ0v) is 23.4. The van der Waals surface area contributed by atoms with Crippen molar-refractivity contribution in [2.24, 2.45) is 5.41 Å². The third kappa shape index (κ3) is 6.37. The number of para-hydroxylation sites is 1. The van der Waals surface area contributed by atoms with Crippen molar-refractivity contribution in [2.45, 2.75) is 32.7 Å². The monoisotopic (exact) mass is 555 g/mol. The largest absolute Gasteiger partial charge is 0.493 e. The highest BCUT2D eigenvalue weighted by Crippen LogP contribution is 2.36. The molecule has 3 heterocycles. The summed E-state index contributed by atoms with van der Waals surface area (Å²) in [6.45, 7) is 7.49. The topological polar surface area (TPSA) is 46.9 Å². The van der Waals surface area contributed by atoms with Gasteiger partial charge < -0.3 is 18.9 Å². The maximum Gasteiger partial charge on any atom is 0.223 e. The summed E-state index contributed by atoms with van der Waals surface area (Å²) in [5.74, 6) is 0.972. The van der Waals surface area contributed by atoms with Crippen molar-refractivity contribution in [3.63, 3.8) is 0 Å². The Bertz CT molecular complexity index is 1260. The lowest BCUT2D eigenvalue weighted by atomic mass is 9.77. The number of piperidine rings is 1. The predicted octanol–water partition coefficient (Wildman–Crippen LogP) is 6.00. The minimum absolute atomic E-state index is 0.186. The predicted molar refractivity (Wildman–Crippen MR) is 151 cm³/mol. The number of hydrogen-bond donors (Lipinski definition) is 0. The number of ether oxygens (including phenoxy) is 2. The van der Waals surface area contributed by atoms with Gasteiger partial charge in [0.1, 0.15) is 5.75 Å². The third-order valence-corrected chi connectivity index (χ3v) is 8.38. The lowest BCUT2D eigenvalue weighted by Gasteiger charge is -2.43. The van der Waals surface area contributed by atoms with Gasteiger partial charge in [-0.3, -0.25) is 9.69 Å². The van der Waals surface area contributed by atoms with Crippen LogP contribution in [0.3, 0.4) is 0 Å². The second-order valence-electron chi connectivity index (χ2n) is 10.5. The van der Waals surface area contributed by atoms with Crippen LogP contribution in [0.15, 0.2) is 60.8 Å². The Labute approximate surface area is 235 Å². The summed E-state index contributed by atoms with van der Waals surface area (Å²) in [6.07, 6.45) is 4.47. The van der Waals surface area contributed by atoms with Gasteiger partial charge in [-0.05, 0) is 74.3 Å². The van der Waals surface area contributed by atoms with Gasteiger partial charge in [0.25, 0.3) is 0 Å². The number of rotatable bonds is 8. The number of aromatic nitrogens is 1. The van der Waals surface area contributed by atoms with Gasteiger partial charge in [0.2, 0.25) is 5.91 Å². The summed E-state index contributed by atoms with van der Waals surface area (Å²) in [6, 6.07) is 17.9. The Morgan fingerprint density at radius 1 is 1.03 bits per heavy atom. The number of likely N-dealkylation sites (tertiary alicyclic amines) is 1. The molecule has 5 rings (SSSR count). The first-order chi connectivity index (χ1) is 18.4. The number of hydrogen-bond acceptors (Lipinski definition) is 4. The molecule has 0 N–H and O–H groups in total. The Kier molecular flexibility index (Phi) is 8.64. The van der Waals surface area contributed by atoms with E-state index in [1.54, 1.807) is 0 Å². The quantitative estimate of drug-likeness (QED) is 0.342. The van der Waals surface area contributed by atoms with Crippen molar-refractivity contribution in [2.75, 3.05) is 46.0 Å². The van der Waals surface area contributed by atoms with Gasteiger partial charge in [-0.15, -0.1) is 0 Å². The van der Waals surface area contributed by atoms with E-state index in [4.69, 9.17) is 32.7 Å². The molecule has 0 saturated carbocycles. The van der Waals surface area contributed by atoms with Gasteiger partial charge in [0.05, 0.1) is 30.5 Å². The molecule has 6 nitrogen and oxygen atoms in total. The molecule has 1 amide bonds. The van der Waals surface area contributed by atoms with E-state index in [0.717, 1.165) is 59.5 Å². The number of amides is 1. The average Bonchev–Trinajstić information content (AvgIpc) is 3.38. The van der Waals surface area contributed by atoms with Gasteiger partial charge in [0.15, 0.2) is 0 Å². The molecule has 38 heavy (non-hydrogen) atoms. The zero-order valence-electron chi connectivity index (χ0n) is 21.9. The molecular formula is C30H35Cl2N3O3. The van der Waals surface area contributed by atoms with E-state index in [0.29, 0.717) is 39.3 Å². The summed E-state index contributed by atoms with van der Waals surface area (Å²) in [5.41, 5.74) is 2.83. The first-order valence-corrected chi connectivity index (χ1v) is 14.1. The standard InChI is InChI=1S/C30H35Cl2N3O3/c1-23-18-25(9-10-26(23)31)38-22-30(19-29(36)34-14-16-37-17-15-34)11-5-12-33(21-30)20-24-6-4-13-35(24)28-8-3-2-7-27(28)32/h2-4,6-10,13,18H,5,11-12,14-17,19-22H2,1H3. The van der Waals surface area contributed by atoms with Crippen LogP contribution in [0.4, 0.5) is 0 Å². The van der Waals surface area contributed by atoms with Gasteiger partial charge in [-0.2, -0.15) is 0 Å². The van der Waals surface area contributed by atoms with E-state index >= 15 is 0 Å². The molecule has 2 aromatic carbocycles. The molecule has 0 aliphatic carbocycles. The first-order valence-electron chi connectivity index (χ1n) is 13.3. The number of nitrogens with zero attached hydrogens (tertiary/aromatic N) is 3. The van der Waals surface area contributed by atoms with Gasteiger partial charge in [-0.25, -0.2) is 0 Å². The molecule has 202 valence electrons. The fraction of sp³-hybridized carbons (Fsp3) is 0.433. The molecule has 2 aliphatic rings. The first kappa shape index (κ1) is 27.1. The SMILES string of the molecule is Cc1cc(OCC2(CC(=O)N3CCOCC3)CCCN(Cc3cccn3-c3ccccc3Cl)C2)ccc1Cl. The molecule has 2 aliphatic heterocycles. The van der Waals surface area contributed by atoms with Crippen LogP contribution in [0.1, 0.15) is 30.5 Å². The highest BCUT2D eigenvalue weighted by molar-refractivity contribution is 6.32. The van der Waals surface area contributed by atoms with E-state index in [1.807, 2.05) is 54.3 Å². The second-order valence-corrected chi connectivity index (χ2v) is 11.3. The maximum atomic E-state index is 13.4. The Morgan fingerprint density at radius 2 is 1.84 bits per heavy atom. The third-order valence-electron chi connectivity index (χ3n) is 7.64. The van der Waals surface area contributed by atoms with Crippen molar-refractivity contribution in [3.05, 3.63) is 82.1 Å². The highest BCUT2D eigenvalue weighted by atomic mass is 35.5. The summed E-state index contributed by atoms with van der Waals surface area (Å²) >= 11 is 12.7. The molecular weight excluding hydrogens is 521 g/mol. The van der Waals surface area contributed by atoms with E-state index < -0.39 is 0 Å². The van der Waals surface area contributed by atoms with E-state index in [2.05, 4.69) is 27.8 Å². The van der Waals surface area contributed by atoms with Crippen molar-refractivity contribution in [1.29, 1.82) is 0 Å². The lowest BCUT2D eigenvalue weighted by molar-refractivity contribution is -0.139. The minimum Gasteiger partial charge on any atom is -0.493 e. The van der Waals surface area contributed by atoms with Gasteiger partial charge >= 0.3 is 0 Å². The summed E-state index contributed by atoms with van der Waals surface area (Å²) < 4.78 is 14.0. The maximum absolute atomic E-state index is 13.4. The molecule has 8 heteroatoms. The van der Waals surface area contributed by atoms with E-state index in [9.17, 15) is 4.79 Å². The molecule has 1 unspecified atom stereocenters. The van der Waals surface area contributed by atoms with Crippen molar-refractivity contribution >= 4 is 29.1 Å². The molecule has 2 fully saturated rings. The number of aryl methyl sites for hydroxylation is 1. The summed E-state index contributed by atoms with van der Waals surface area (Å²) in [5, 5.41) is 1.45. The van der Waals surface area contributed by atoms with Crippen LogP contribution in [-0.4, -0.2) is 66.3 Å². The van der Waals surface area contributed by atoms with Crippen LogP contribution < -0.4 is 4.74 Å². The molecule has 1 aromatic heterocycles. The fourth-order valence-electron chi connectivity index (χ4n) is 5.60. The van der Waals surface area contributed by atoms with Crippen LogP contribution in [-0.2, 0) is 16.1 Å². The summed E-state index contributed by atoms with van der Waals surface area (Å²) in [7, 11) is 0. The van der Waals surface area contributed by atoms with Crippen LogP contribution in [0, 0.1) is 12.3 Å². The Morgan fingerprint density at radius 3 is 2.63 bits per heavy atom. The van der Waals surface area contributed by atoms with Crippen molar-refractivity contribution in [3.8, 4) is 11.4 Å². The fourth-order valence-corrected chi connectivity index (χ4v) is 5.95. The number of carbonyl (C=O) groups is 1. The normalized spacial score (nSPS) is 20.4. The van der Waals surface area contributed by atoms with Gasteiger partial charge in [-0.1, -0.05) is 35.3 Å². The molecule has 1 atom stereocenters. The lowest BCUT2D eigenvalue weighted by Crippen LogP contribution is -2.50. The van der Waals surface area contributed by atoms with Crippen molar-refractivity contribution in [1.82, 2.24) is 14.4 Å². The molecule has 0 bridgehead atoms. The summed E-state index contributed by atoms with van der Waals surface area (Å²) in [4.78, 5) is 17.8. The Hall–Kier alpha value is -2.51. The Balaban J connectivity index is 1.35. The van der Waals surface area contributed by atoms with Gasteiger partial charge in [0, 0.05) is 54.9 Å². The van der Waals surface area contributed by atoms with E-state index in [-0.39, 0.29) is 11.3 Å². The number of carbonyl (C=O) groups excluding carboxylic acids is 1. The zero-order chi connectivity index (χ0) is 26.5. The number of benzene rings is 2. The highest BCUT2D eigenvalue weighted by Gasteiger charge is 2.40. The van der Waals surface area contributed by atoms with Crippen LogP contribution in [0.2, 0.25) is 10.0 Å². The minimum atomic E-state index is -0.289. The molecule has 0 radical (unpaired) electrons. The molecule has 2 saturated heterocycles. The van der Waals surface area contributed by atoms with Crippen LogP contribution >= 0.6 is 23.2 Å². The number of morpholine rings is 1. The number of halogens is 2. The second kappa shape index (κ2) is 12.1. The van der Waals surface area contributed by atoms with E-state index in [1.165, 1.54) is 5.69 Å². The molecule has 0 spiro atoms. The van der Waals surface area contributed by atoms with Crippen LogP contribution in [0.5, 0.6) is 5.75 Å². The smallest absolute Gasteiger partial charge is 0.223 e. The molecule has 3 aromatic rings. The average molecular weight is 557 g/mol.